The quantitative estimate of drug-likeness (QED) is 0.600. The van der Waals surface area contributed by atoms with Gasteiger partial charge in [0.2, 0.25) is 0 Å². The molecule has 1 nitrogen and oxygen atoms in total. The highest BCUT2D eigenvalue weighted by Gasteiger charge is 2.20. The SMILES string of the molecule is CC(=O)C1C=C2CCCCC2=CC1. The maximum atomic E-state index is 11.2. The van der Waals surface area contributed by atoms with Crippen molar-refractivity contribution in [2.75, 3.05) is 0 Å². The fraction of sp³-hybridized carbons (Fsp3) is 0.583. The number of fused-ring (bicyclic) bond motifs is 1. The van der Waals surface area contributed by atoms with E-state index >= 15 is 0 Å². The highest BCUT2D eigenvalue weighted by Crippen LogP contribution is 2.34. The van der Waals surface area contributed by atoms with Crippen LogP contribution in [0.4, 0.5) is 0 Å². The summed E-state index contributed by atoms with van der Waals surface area (Å²) in [4.78, 5) is 11.2. The Morgan fingerprint density at radius 1 is 1.31 bits per heavy atom. The minimum Gasteiger partial charge on any atom is -0.299 e. The Morgan fingerprint density at radius 2 is 2.00 bits per heavy atom. The van der Waals surface area contributed by atoms with Gasteiger partial charge in [0, 0.05) is 5.92 Å². The van der Waals surface area contributed by atoms with Gasteiger partial charge in [0.1, 0.15) is 5.78 Å². The lowest BCUT2D eigenvalue weighted by molar-refractivity contribution is -0.119. The summed E-state index contributed by atoms with van der Waals surface area (Å²) in [5.41, 5.74) is 2.97. The Balaban J connectivity index is 2.17. The molecule has 0 aromatic rings. The highest BCUT2D eigenvalue weighted by atomic mass is 16.1. The minimum atomic E-state index is 0.178. The fourth-order valence-corrected chi connectivity index (χ4v) is 2.24. The van der Waals surface area contributed by atoms with E-state index in [0.29, 0.717) is 5.78 Å². The van der Waals surface area contributed by atoms with Crippen molar-refractivity contribution in [3.63, 3.8) is 0 Å². The van der Waals surface area contributed by atoms with E-state index in [9.17, 15) is 4.79 Å². The van der Waals surface area contributed by atoms with Gasteiger partial charge in [-0.2, -0.15) is 0 Å². The van der Waals surface area contributed by atoms with Crippen LogP contribution in [0.3, 0.4) is 0 Å². The van der Waals surface area contributed by atoms with E-state index in [2.05, 4.69) is 12.2 Å². The standard InChI is InChI=1S/C12H16O/c1-9(13)11-7-6-10-4-2-3-5-12(10)8-11/h6,8,11H,2-5,7H2,1H3. The monoisotopic (exact) mass is 176 g/mol. The number of carbonyl (C=O) groups is 1. The number of Topliss-reactive ketones (excluding diaryl/α,β-unsaturated/α-hetero) is 1. The van der Waals surface area contributed by atoms with E-state index < -0.39 is 0 Å². The summed E-state index contributed by atoms with van der Waals surface area (Å²) in [6.07, 6.45) is 10.5. The van der Waals surface area contributed by atoms with E-state index in [0.717, 1.165) is 6.42 Å². The molecule has 1 unspecified atom stereocenters. The molecule has 1 fully saturated rings. The largest absolute Gasteiger partial charge is 0.299 e. The first-order valence-corrected chi connectivity index (χ1v) is 5.18. The zero-order valence-electron chi connectivity index (χ0n) is 8.18. The summed E-state index contributed by atoms with van der Waals surface area (Å²) in [7, 11) is 0. The van der Waals surface area contributed by atoms with Crippen molar-refractivity contribution >= 4 is 5.78 Å². The number of allylic oxidation sites excluding steroid dienone is 4. The van der Waals surface area contributed by atoms with Gasteiger partial charge in [0.25, 0.3) is 0 Å². The second-order valence-electron chi connectivity index (χ2n) is 4.08. The van der Waals surface area contributed by atoms with Crippen LogP contribution < -0.4 is 0 Å². The van der Waals surface area contributed by atoms with Crippen LogP contribution in [0.1, 0.15) is 39.0 Å². The van der Waals surface area contributed by atoms with Gasteiger partial charge in [-0.15, -0.1) is 0 Å². The molecule has 1 saturated carbocycles. The van der Waals surface area contributed by atoms with Gasteiger partial charge < -0.3 is 0 Å². The average Bonchev–Trinajstić information content (AvgIpc) is 2.17. The summed E-state index contributed by atoms with van der Waals surface area (Å²) < 4.78 is 0. The molecule has 1 atom stereocenters. The first-order valence-electron chi connectivity index (χ1n) is 5.18. The van der Waals surface area contributed by atoms with E-state index in [-0.39, 0.29) is 5.92 Å². The maximum Gasteiger partial charge on any atom is 0.136 e. The molecule has 0 amide bonds. The molecule has 13 heavy (non-hydrogen) atoms. The van der Waals surface area contributed by atoms with Crippen LogP contribution in [-0.4, -0.2) is 5.78 Å². The third kappa shape index (κ3) is 1.74. The molecule has 70 valence electrons. The first kappa shape index (κ1) is 8.74. The third-order valence-electron chi connectivity index (χ3n) is 3.10. The molecule has 0 N–H and O–H groups in total. The van der Waals surface area contributed by atoms with Crippen molar-refractivity contribution in [2.24, 2.45) is 5.92 Å². The summed E-state index contributed by atoms with van der Waals surface area (Å²) in [5.74, 6) is 0.491. The van der Waals surface area contributed by atoms with Crippen LogP contribution >= 0.6 is 0 Å². The molecule has 2 aliphatic carbocycles. The zero-order valence-corrected chi connectivity index (χ0v) is 8.18. The lowest BCUT2D eigenvalue weighted by Gasteiger charge is -2.24. The first-order chi connectivity index (χ1) is 6.27. The third-order valence-corrected chi connectivity index (χ3v) is 3.10. The normalized spacial score (nSPS) is 27.3. The molecule has 2 aliphatic rings. The molecule has 0 aliphatic heterocycles. The zero-order chi connectivity index (χ0) is 9.26. The summed E-state index contributed by atoms with van der Waals surface area (Å²) in [5, 5.41) is 0. The Labute approximate surface area is 79.5 Å². The van der Waals surface area contributed by atoms with Crippen molar-refractivity contribution in [3.8, 4) is 0 Å². The number of hydrogen-bond acceptors (Lipinski definition) is 1. The number of rotatable bonds is 1. The predicted molar refractivity (Wildman–Crippen MR) is 53.4 cm³/mol. The van der Waals surface area contributed by atoms with Crippen LogP contribution in [0.15, 0.2) is 23.3 Å². The Bertz CT molecular complexity index is 283. The molecule has 1 heteroatoms. The van der Waals surface area contributed by atoms with Crippen LogP contribution in [0.25, 0.3) is 0 Å². The highest BCUT2D eigenvalue weighted by molar-refractivity contribution is 5.81. The average molecular weight is 176 g/mol. The molecule has 0 heterocycles. The van der Waals surface area contributed by atoms with Crippen molar-refractivity contribution in [3.05, 3.63) is 23.3 Å². The van der Waals surface area contributed by atoms with Crippen LogP contribution in [0.5, 0.6) is 0 Å². The van der Waals surface area contributed by atoms with Crippen molar-refractivity contribution in [1.29, 1.82) is 0 Å². The maximum absolute atomic E-state index is 11.2. The molecule has 0 radical (unpaired) electrons. The number of hydrogen-bond donors (Lipinski definition) is 0. The van der Waals surface area contributed by atoms with Crippen LogP contribution in [-0.2, 0) is 4.79 Å². The van der Waals surface area contributed by atoms with E-state index in [1.165, 1.54) is 36.8 Å². The van der Waals surface area contributed by atoms with Crippen molar-refractivity contribution in [2.45, 2.75) is 39.0 Å². The van der Waals surface area contributed by atoms with Gasteiger partial charge in [-0.1, -0.05) is 12.2 Å². The van der Waals surface area contributed by atoms with Crippen molar-refractivity contribution in [1.82, 2.24) is 0 Å². The van der Waals surface area contributed by atoms with Crippen LogP contribution in [0.2, 0.25) is 0 Å². The summed E-state index contributed by atoms with van der Waals surface area (Å²) >= 11 is 0. The number of ketones is 1. The van der Waals surface area contributed by atoms with Gasteiger partial charge in [0.15, 0.2) is 0 Å². The van der Waals surface area contributed by atoms with E-state index in [1.807, 2.05) is 0 Å². The lowest BCUT2D eigenvalue weighted by atomic mass is 9.81. The predicted octanol–water partition coefficient (Wildman–Crippen LogP) is 3.02. The van der Waals surface area contributed by atoms with Gasteiger partial charge in [-0.05, 0) is 50.2 Å². The summed E-state index contributed by atoms with van der Waals surface area (Å²) in [6.45, 7) is 1.70. The molecule has 0 aromatic heterocycles. The lowest BCUT2D eigenvalue weighted by Crippen LogP contribution is -2.13. The topological polar surface area (TPSA) is 17.1 Å². The van der Waals surface area contributed by atoms with Crippen molar-refractivity contribution < 1.29 is 4.79 Å². The van der Waals surface area contributed by atoms with Gasteiger partial charge in [-0.3, -0.25) is 4.79 Å². The molecular formula is C12H16O. The number of carbonyl (C=O) groups excluding carboxylic acids is 1. The molecule has 0 aromatic carbocycles. The molecule has 0 bridgehead atoms. The second-order valence-corrected chi connectivity index (χ2v) is 4.08. The Kier molecular flexibility index (Phi) is 2.34. The molecule has 2 rings (SSSR count). The molecule has 0 saturated heterocycles. The molecular weight excluding hydrogens is 160 g/mol. The Hall–Kier alpha value is -0.850. The summed E-state index contributed by atoms with van der Waals surface area (Å²) in [6, 6.07) is 0. The van der Waals surface area contributed by atoms with Gasteiger partial charge in [-0.25, -0.2) is 0 Å². The van der Waals surface area contributed by atoms with Gasteiger partial charge >= 0.3 is 0 Å². The minimum absolute atomic E-state index is 0.178. The van der Waals surface area contributed by atoms with E-state index in [4.69, 9.17) is 0 Å². The molecule has 0 spiro atoms. The fourth-order valence-electron chi connectivity index (χ4n) is 2.24. The second kappa shape index (κ2) is 3.49. The van der Waals surface area contributed by atoms with E-state index in [1.54, 1.807) is 6.92 Å². The smallest absolute Gasteiger partial charge is 0.136 e. The van der Waals surface area contributed by atoms with Crippen LogP contribution in [0, 0.1) is 5.92 Å². The van der Waals surface area contributed by atoms with Gasteiger partial charge in [0.05, 0.1) is 0 Å². The Morgan fingerprint density at radius 3 is 2.69 bits per heavy atom.